The molecule has 72 valence electrons. The average Bonchev–Trinajstić information content (AvgIpc) is 2.04. The second-order valence-corrected chi connectivity index (χ2v) is 1.81. The van der Waals surface area contributed by atoms with Gasteiger partial charge in [0, 0.05) is 0 Å². The van der Waals surface area contributed by atoms with E-state index >= 15 is 0 Å². The van der Waals surface area contributed by atoms with Crippen molar-refractivity contribution in [2.24, 2.45) is 0 Å². The van der Waals surface area contributed by atoms with E-state index in [4.69, 9.17) is 25.2 Å². The van der Waals surface area contributed by atoms with Crippen molar-refractivity contribution in [3.05, 3.63) is 0 Å². The highest BCUT2D eigenvalue weighted by Gasteiger charge is 2.07. The number of carboxylic acid groups (broad SMARTS) is 2. The predicted octanol–water partition coefficient (Wildman–Crippen LogP) is -1.09. The first-order valence-electron chi connectivity index (χ1n) is 3.19. The van der Waals surface area contributed by atoms with Crippen molar-refractivity contribution >= 4 is 11.9 Å². The van der Waals surface area contributed by atoms with E-state index in [-0.39, 0.29) is 6.42 Å². The molecule has 0 fully saturated rings. The molecule has 0 aromatic rings. The summed E-state index contributed by atoms with van der Waals surface area (Å²) >= 11 is 0. The Kier molecular flexibility index (Phi) is 8.92. The number of hydrogen-bond acceptors (Lipinski definition) is 4. The maximum atomic E-state index is 9.68. The van der Waals surface area contributed by atoms with Gasteiger partial charge in [-0.05, 0) is 6.42 Å². The minimum Gasteiger partial charge on any atom is -0.480 e. The van der Waals surface area contributed by atoms with Gasteiger partial charge in [0.15, 0.2) is 6.10 Å². The summed E-state index contributed by atoms with van der Waals surface area (Å²) in [5.74, 6) is -2.34. The second-order valence-electron chi connectivity index (χ2n) is 1.81. The number of aliphatic hydroxyl groups is 2. The SMILES string of the molecule is CCC(O)C(=O)O.O=C(O)CO. The van der Waals surface area contributed by atoms with Gasteiger partial charge < -0.3 is 20.4 Å². The quantitative estimate of drug-likeness (QED) is 0.438. The van der Waals surface area contributed by atoms with Crippen LogP contribution in [0.1, 0.15) is 13.3 Å². The fourth-order valence-electron chi connectivity index (χ4n) is 0.175. The molecular weight excluding hydrogens is 168 g/mol. The van der Waals surface area contributed by atoms with E-state index in [9.17, 15) is 4.79 Å². The van der Waals surface area contributed by atoms with Crippen molar-refractivity contribution in [1.82, 2.24) is 0 Å². The molecule has 4 N–H and O–H groups in total. The molecule has 0 heterocycles. The third kappa shape index (κ3) is 11.6. The molecule has 0 radical (unpaired) electrons. The standard InChI is InChI=1S/C4H8O3.C2H4O3/c1-2-3(5)4(6)7;3-1-2(4)5/h3,5H,2H2,1H3,(H,6,7);3H,1H2,(H,4,5). The molecule has 0 aliphatic carbocycles. The van der Waals surface area contributed by atoms with Crippen LogP contribution >= 0.6 is 0 Å². The molecule has 0 aromatic carbocycles. The van der Waals surface area contributed by atoms with Crippen LogP contribution in [0.3, 0.4) is 0 Å². The van der Waals surface area contributed by atoms with Crippen LogP contribution in [0.2, 0.25) is 0 Å². The summed E-state index contributed by atoms with van der Waals surface area (Å²) in [5.41, 5.74) is 0. The van der Waals surface area contributed by atoms with Crippen LogP contribution in [-0.4, -0.2) is 45.1 Å². The summed E-state index contributed by atoms with van der Waals surface area (Å²) in [6, 6.07) is 0. The van der Waals surface area contributed by atoms with E-state index in [2.05, 4.69) is 0 Å². The van der Waals surface area contributed by atoms with Crippen LogP contribution < -0.4 is 0 Å². The second kappa shape index (κ2) is 7.96. The molecule has 0 bridgehead atoms. The largest absolute Gasteiger partial charge is 0.480 e. The Bertz CT molecular complexity index is 143. The van der Waals surface area contributed by atoms with Crippen LogP contribution in [0.5, 0.6) is 0 Å². The first kappa shape index (κ1) is 13.4. The topological polar surface area (TPSA) is 115 Å². The average molecular weight is 180 g/mol. The van der Waals surface area contributed by atoms with Crippen LogP contribution in [0.4, 0.5) is 0 Å². The fourth-order valence-corrected chi connectivity index (χ4v) is 0.175. The van der Waals surface area contributed by atoms with E-state index in [0.29, 0.717) is 0 Å². The van der Waals surface area contributed by atoms with Crippen LogP contribution in [0, 0.1) is 0 Å². The Morgan fingerprint density at radius 1 is 1.33 bits per heavy atom. The zero-order chi connectivity index (χ0) is 10.1. The maximum absolute atomic E-state index is 9.68. The third-order valence-corrected chi connectivity index (χ3v) is 0.807. The first-order chi connectivity index (χ1) is 5.45. The van der Waals surface area contributed by atoms with Gasteiger partial charge in [-0.25, -0.2) is 9.59 Å². The minimum atomic E-state index is -1.19. The summed E-state index contributed by atoms with van der Waals surface area (Å²) in [4.78, 5) is 18.8. The predicted molar refractivity (Wildman–Crippen MR) is 38.7 cm³/mol. The van der Waals surface area contributed by atoms with E-state index < -0.39 is 24.6 Å². The van der Waals surface area contributed by atoms with E-state index in [1.54, 1.807) is 6.92 Å². The molecule has 6 nitrogen and oxygen atoms in total. The molecule has 6 heteroatoms. The number of aliphatic hydroxyl groups excluding tert-OH is 2. The highest BCUT2D eigenvalue weighted by molar-refractivity contribution is 5.71. The number of carboxylic acids is 2. The van der Waals surface area contributed by atoms with Gasteiger partial charge >= 0.3 is 11.9 Å². The monoisotopic (exact) mass is 180 g/mol. The van der Waals surface area contributed by atoms with Gasteiger partial charge in [0.05, 0.1) is 0 Å². The van der Waals surface area contributed by atoms with Crippen molar-refractivity contribution in [3.8, 4) is 0 Å². The lowest BCUT2D eigenvalue weighted by Crippen LogP contribution is -2.17. The summed E-state index contributed by atoms with van der Waals surface area (Å²) in [6.45, 7) is 0.832. The Morgan fingerprint density at radius 3 is 1.67 bits per heavy atom. The van der Waals surface area contributed by atoms with Crippen molar-refractivity contribution in [1.29, 1.82) is 0 Å². The fraction of sp³-hybridized carbons (Fsp3) is 0.667. The minimum absolute atomic E-state index is 0.273. The highest BCUT2D eigenvalue weighted by atomic mass is 16.4. The van der Waals surface area contributed by atoms with Crippen LogP contribution in [-0.2, 0) is 9.59 Å². The van der Waals surface area contributed by atoms with Gasteiger partial charge in [-0.2, -0.15) is 0 Å². The van der Waals surface area contributed by atoms with Gasteiger partial charge in [-0.15, -0.1) is 0 Å². The molecule has 0 aliphatic heterocycles. The van der Waals surface area contributed by atoms with Crippen molar-refractivity contribution in [2.45, 2.75) is 19.4 Å². The van der Waals surface area contributed by atoms with Crippen LogP contribution in [0.25, 0.3) is 0 Å². The number of aliphatic carboxylic acids is 2. The van der Waals surface area contributed by atoms with Gasteiger partial charge in [0.25, 0.3) is 0 Å². The zero-order valence-corrected chi connectivity index (χ0v) is 6.60. The summed E-state index contributed by atoms with van der Waals surface area (Å²) in [7, 11) is 0. The summed E-state index contributed by atoms with van der Waals surface area (Å²) in [5, 5.41) is 31.3. The molecule has 1 unspecified atom stereocenters. The van der Waals surface area contributed by atoms with Crippen molar-refractivity contribution in [3.63, 3.8) is 0 Å². The van der Waals surface area contributed by atoms with E-state index in [1.165, 1.54) is 0 Å². The number of rotatable bonds is 3. The van der Waals surface area contributed by atoms with E-state index in [0.717, 1.165) is 0 Å². The van der Waals surface area contributed by atoms with Crippen molar-refractivity contribution in [2.75, 3.05) is 6.61 Å². The summed E-state index contributed by atoms with van der Waals surface area (Å²) in [6.07, 6.45) is -0.907. The number of hydrogen-bond donors (Lipinski definition) is 4. The molecule has 0 aromatic heterocycles. The molecule has 1 atom stereocenters. The van der Waals surface area contributed by atoms with Crippen molar-refractivity contribution < 1.29 is 30.0 Å². The van der Waals surface area contributed by atoms with Gasteiger partial charge in [0.1, 0.15) is 6.61 Å². The Labute approximate surface area is 69.1 Å². The maximum Gasteiger partial charge on any atom is 0.332 e. The van der Waals surface area contributed by atoms with Gasteiger partial charge in [-0.3, -0.25) is 0 Å². The Morgan fingerprint density at radius 2 is 1.67 bits per heavy atom. The molecule has 0 amide bonds. The molecule has 12 heavy (non-hydrogen) atoms. The van der Waals surface area contributed by atoms with E-state index in [1.807, 2.05) is 0 Å². The third-order valence-electron chi connectivity index (χ3n) is 0.807. The molecule has 0 aliphatic rings. The van der Waals surface area contributed by atoms with Crippen LogP contribution in [0.15, 0.2) is 0 Å². The van der Waals surface area contributed by atoms with Gasteiger partial charge in [0.2, 0.25) is 0 Å². The normalized spacial score (nSPS) is 10.9. The lowest BCUT2D eigenvalue weighted by Gasteiger charge is -1.95. The summed E-state index contributed by atoms with van der Waals surface area (Å²) < 4.78 is 0. The molecule has 0 saturated heterocycles. The lowest BCUT2D eigenvalue weighted by atomic mass is 10.3. The molecule has 0 spiro atoms. The molecule has 0 rings (SSSR count). The Balaban J connectivity index is 0. The highest BCUT2D eigenvalue weighted by Crippen LogP contribution is 1.86. The van der Waals surface area contributed by atoms with Gasteiger partial charge in [-0.1, -0.05) is 6.92 Å². The first-order valence-corrected chi connectivity index (χ1v) is 3.19. The lowest BCUT2D eigenvalue weighted by molar-refractivity contribution is -0.146. The molecular formula is C6H12O6. The zero-order valence-electron chi connectivity index (χ0n) is 6.60. The smallest absolute Gasteiger partial charge is 0.332 e. The number of carbonyl (C=O) groups is 2. The Hall–Kier alpha value is -1.14. The molecule has 0 saturated carbocycles.